The van der Waals surface area contributed by atoms with E-state index in [2.05, 4.69) is 0 Å². The highest BCUT2D eigenvalue weighted by molar-refractivity contribution is 6.31. The summed E-state index contributed by atoms with van der Waals surface area (Å²) in [5.41, 5.74) is 0.482. The van der Waals surface area contributed by atoms with Crippen molar-refractivity contribution in [1.82, 2.24) is 10.0 Å². The average Bonchev–Trinajstić information content (AvgIpc) is 3.54. The molecule has 2 aliphatic carbocycles. The lowest BCUT2D eigenvalue weighted by Gasteiger charge is -2.36. The van der Waals surface area contributed by atoms with Gasteiger partial charge >= 0.3 is 0 Å². The van der Waals surface area contributed by atoms with Crippen molar-refractivity contribution in [2.24, 2.45) is 23.7 Å². The molecule has 2 bridgehead atoms. The van der Waals surface area contributed by atoms with E-state index in [1.165, 1.54) is 24.3 Å². The van der Waals surface area contributed by atoms with Gasteiger partial charge in [0, 0.05) is 27.1 Å². The zero-order valence-corrected chi connectivity index (χ0v) is 20.7. The molecule has 1 saturated carbocycles. The third-order valence-electron chi connectivity index (χ3n) is 7.07. The van der Waals surface area contributed by atoms with Crippen LogP contribution in [0.15, 0.2) is 60.7 Å². The standard InChI is InChI=1S/C26H21Cl3N2O4/c27-12-11-20(23(32)14-3-7-18(28)8-4-14)30(24(33)15-5-9-19(29)10-6-15)31-25(34)21-16-1-2-17(13-16)22(21)26(31)35/h1-10,16-17,20-22H,11-13H2/t16-,17-,20-,21+,22+/m0/s1. The zero-order chi connectivity index (χ0) is 24.9. The Bertz CT molecular complexity index is 1200. The van der Waals surface area contributed by atoms with Gasteiger partial charge < -0.3 is 0 Å². The smallest absolute Gasteiger partial charge is 0.273 e. The summed E-state index contributed by atoms with van der Waals surface area (Å²) in [6.45, 7) is 0. The van der Waals surface area contributed by atoms with E-state index in [1.54, 1.807) is 24.3 Å². The molecule has 0 spiro atoms. The number of nitrogens with zero attached hydrogens (tertiary/aromatic N) is 2. The average molecular weight is 532 g/mol. The maximum absolute atomic E-state index is 13.8. The van der Waals surface area contributed by atoms with Gasteiger partial charge in [0.25, 0.3) is 17.7 Å². The molecule has 2 aromatic carbocycles. The molecule has 0 aromatic heterocycles. The van der Waals surface area contributed by atoms with Gasteiger partial charge in [0.2, 0.25) is 0 Å². The molecule has 35 heavy (non-hydrogen) atoms. The topological polar surface area (TPSA) is 74.8 Å². The van der Waals surface area contributed by atoms with Gasteiger partial charge in [-0.15, -0.1) is 11.6 Å². The van der Waals surface area contributed by atoms with E-state index in [0.717, 1.165) is 16.4 Å². The minimum absolute atomic E-state index is 0.0320. The number of allylic oxidation sites excluding steroid dienone is 2. The first-order valence-electron chi connectivity index (χ1n) is 11.3. The van der Waals surface area contributed by atoms with Gasteiger partial charge in [0.05, 0.1) is 11.8 Å². The Balaban J connectivity index is 1.59. The highest BCUT2D eigenvalue weighted by atomic mass is 35.5. The molecular weight excluding hydrogens is 511 g/mol. The molecule has 5 rings (SSSR count). The zero-order valence-electron chi connectivity index (χ0n) is 18.4. The predicted octanol–water partition coefficient (Wildman–Crippen LogP) is 5.04. The Morgan fingerprint density at radius 1 is 0.857 bits per heavy atom. The summed E-state index contributed by atoms with van der Waals surface area (Å²) in [5, 5.41) is 2.80. The number of amides is 3. The highest BCUT2D eigenvalue weighted by Crippen LogP contribution is 2.53. The molecule has 0 radical (unpaired) electrons. The quantitative estimate of drug-likeness (QED) is 0.217. The van der Waals surface area contributed by atoms with Crippen LogP contribution in [0.4, 0.5) is 0 Å². The Hall–Kier alpha value is -2.67. The Morgan fingerprint density at radius 2 is 1.34 bits per heavy atom. The lowest BCUT2D eigenvalue weighted by Crippen LogP contribution is -2.58. The molecule has 9 heteroatoms. The number of benzene rings is 2. The molecule has 3 amide bonds. The number of rotatable bonds is 7. The number of imide groups is 1. The monoisotopic (exact) mass is 530 g/mol. The van der Waals surface area contributed by atoms with Gasteiger partial charge in [-0.25, -0.2) is 5.01 Å². The van der Waals surface area contributed by atoms with Crippen LogP contribution in [-0.4, -0.2) is 45.4 Å². The van der Waals surface area contributed by atoms with Crippen LogP contribution in [-0.2, 0) is 9.59 Å². The minimum Gasteiger partial charge on any atom is -0.292 e. The van der Waals surface area contributed by atoms with Crippen molar-refractivity contribution in [2.75, 3.05) is 5.88 Å². The van der Waals surface area contributed by atoms with Crippen LogP contribution in [0, 0.1) is 23.7 Å². The number of carbonyl (C=O) groups excluding carboxylic acids is 4. The maximum Gasteiger partial charge on any atom is 0.273 e. The lowest BCUT2D eigenvalue weighted by atomic mass is 9.85. The van der Waals surface area contributed by atoms with Crippen LogP contribution < -0.4 is 0 Å². The number of hydrogen-bond donors (Lipinski definition) is 0. The minimum atomic E-state index is -1.17. The van der Waals surface area contributed by atoms with Crippen LogP contribution in [0.5, 0.6) is 0 Å². The first kappa shape index (κ1) is 24.0. The molecule has 0 unspecified atom stereocenters. The molecule has 180 valence electrons. The van der Waals surface area contributed by atoms with Crippen molar-refractivity contribution < 1.29 is 19.2 Å². The van der Waals surface area contributed by atoms with E-state index in [1.807, 2.05) is 12.2 Å². The highest BCUT2D eigenvalue weighted by Gasteiger charge is 2.62. The molecular formula is C26H21Cl3N2O4. The van der Waals surface area contributed by atoms with Crippen molar-refractivity contribution in [3.05, 3.63) is 81.9 Å². The SMILES string of the molecule is O=C(c1ccc(Cl)cc1)[C@H](CCCl)N(C(=O)c1ccc(Cl)cc1)N1C(=O)[C@H]2[C@H](C1=O)[C@H]1C=C[C@H]2C1. The van der Waals surface area contributed by atoms with Gasteiger partial charge in [-0.2, -0.15) is 5.01 Å². The van der Waals surface area contributed by atoms with Gasteiger partial charge in [-0.05, 0) is 73.2 Å². The number of Topliss-reactive ketones (excluding diaryl/α,β-unsaturated/α-hetero) is 1. The second-order valence-electron chi connectivity index (χ2n) is 9.01. The fraction of sp³-hybridized carbons (Fsp3) is 0.308. The lowest BCUT2D eigenvalue weighted by molar-refractivity contribution is -0.157. The van der Waals surface area contributed by atoms with E-state index in [-0.39, 0.29) is 29.7 Å². The van der Waals surface area contributed by atoms with E-state index in [9.17, 15) is 19.2 Å². The molecule has 2 fully saturated rings. The summed E-state index contributed by atoms with van der Waals surface area (Å²) < 4.78 is 0. The fourth-order valence-corrected chi connectivity index (χ4v) is 5.93. The van der Waals surface area contributed by atoms with Crippen LogP contribution in [0.25, 0.3) is 0 Å². The number of hydrazine groups is 1. The number of ketones is 1. The fourth-order valence-electron chi connectivity index (χ4n) is 5.47. The molecule has 2 aromatic rings. The molecule has 3 aliphatic rings. The van der Waals surface area contributed by atoms with Gasteiger partial charge in [-0.1, -0.05) is 35.4 Å². The molecule has 0 N–H and O–H groups in total. The van der Waals surface area contributed by atoms with Gasteiger partial charge in [-0.3, -0.25) is 19.2 Å². The summed E-state index contributed by atoms with van der Waals surface area (Å²) in [7, 11) is 0. The molecule has 5 atom stereocenters. The first-order valence-corrected chi connectivity index (χ1v) is 12.6. The molecule has 1 saturated heterocycles. The number of carbonyl (C=O) groups is 4. The third kappa shape index (κ3) is 4.07. The number of halogens is 3. The van der Waals surface area contributed by atoms with Crippen molar-refractivity contribution in [3.63, 3.8) is 0 Å². The van der Waals surface area contributed by atoms with Crippen LogP contribution in [0.1, 0.15) is 33.6 Å². The van der Waals surface area contributed by atoms with Gasteiger partial charge in [0.15, 0.2) is 5.78 Å². The van der Waals surface area contributed by atoms with Gasteiger partial charge in [0.1, 0.15) is 6.04 Å². The Kier molecular flexibility index (Phi) is 6.47. The Labute approximate surface area is 217 Å². The number of alkyl halides is 1. The summed E-state index contributed by atoms with van der Waals surface area (Å²) in [6, 6.07) is 11.1. The van der Waals surface area contributed by atoms with Crippen molar-refractivity contribution >= 4 is 58.3 Å². The van der Waals surface area contributed by atoms with Crippen molar-refractivity contribution in [1.29, 1.82) is 0 Å². The normalized spacial score (nSPS) is 25.2. The van der Waals surface area contributed by atoms with E-state index in [0.29, 0.717) is 15.6 Å². The van der Waals surface area contributed by atoms with E-state index in [4.69, 9.17) is 34.8 Å². The second-order valence-corrected chi connectivity index (χ2v) is 10.3. The van der Waals surface area contributed by atoms with Crippen molar-refractivity contribution in [2.45, 2.75) is 18.9 Å². The van der Waals surface area contributed by atoms with E-state index >= 15 is 0 Å². The maximum atomic E-state index is 13.8. The number of fused-ring (bicyclic) bond motifs is 5. The first-order chi connectivity index (χ1) is 16.8. The molecule has 1 heterocycles. The summed E-state index contributed by atoms with van der Waals surface area (Å²) in [6.07, 6.45) is 4.74. The third-order valence-corrected chi connectivity index (χ3v) is 7.79. The van der Waals surface area contributed by atoms with Crippen LogP contribution in [0.3, 0.4) is 0 Å². The number of hydrogen-bond acceptors (Lipinski definition) is 4. The summed E-state index contributed by atoms with van der Waals surface area (Å²) in [5.74, 6) is -3.12. The molecule has 6 nitrogen and oxygen atoms in total. The second kappa shape index (κ2) is 9.41. The van der Waals surface area contributed by atoms with E-state index < -0.39 is 41.4 Å². The van der Waals surface area contributed by atoms with Crippen LogP contribution in [0.2, 0.25) is 10.0 Å². The summed E-state index contributed by atoms with van der Waals surface area (Å²) >= 11 is 18.0. The Morgan fingerprint density at radius 3 is 1.83 bits per heavy atom. The largest absolute Gasteiger partial charge is 0.292 e. The summed E-state index contributed by atoms with van der Waals surface area (Å²) in [4.78, 5) is 54.8. The predicted molar refractivity (Wildman–Crippen MR) is 132 cm³/mol. The van der Waals surface area contributed by atoms with Crippen LogP contribution >= 0.6 is 34.8 Å². The van der Waals surface area contributed by atoms with Crippen molar-refractivity contribution in [3.8, 4) is 0 Å². The molecule has 1 aliphatic heterocycles.